The van der Waals surface area contributed by atoms with Crippen LogP contribution in [0.5, 0.6) is 0 Å². The quantitative estimate of drug-likeness (QED) is 0.746. The summed E-state index contributed by atoms with van der Waals surface area (Å²) in [4.78, 5) is 14.8. The Kier molecular flexibility index (Phi) is 5.52. The van der Waals surface area contributed by atoms with Gasteiger partial charge in [-0.3, -0.25) is 4.79 Å². The minimum atomic E-state index is -0.531. The highest BCUT2D eigenvalue weighted by molar-refractivity contribution is 5.81. The van der Waals surface area contributed by atoms with Gasteiger partial charge in [-0.1, -0.05) is 6.92 Å². The Labute approximate surface area is 191 Å². The number of aryl methyl sites for hydroxylation is 1. The lowest BCUT2D eigenvalue weighted by Crippen LogP contribution is -2.58. The molecule has 7 heteroatoms. The van der Waals surface area contributed by atoms with E-state index < -0.39 is 5.60 Å². The third kappa shape index (κ3) is 3.46. The van der Waals surface area contributed by atoms with Gasteiger partial charge in [0.1, 0.15) is 6.54 Å². The topological polar surface area (TPSA) is 90.1 Å². The molecule has 4 aliphatic carbocycles. The molecule has 8 atom stereocenters. The highest BCUT2D eigenvalue weighted by Crippen LogP contribution is 2.68. The third-order valence-corrected chi connectivity index (χ3v) is 10.3. The van der Waals surface area contributed by atoms with Gasteiger partial charge < -0.3 is 9.84 Å². The van der Waals surface area contributed by atoms with Crippen molar-refractivity contribution < 1.29 is 14.6 Å². The standard InChI is InChI=1S/C25H40N4O3/c1-16-26-28-29(27-16)14-22(30)21-8-7-19-18-6-5-17-13-23(2,31)11-12-25(17,15-32-4)20(18)9-10-24(19,21)3/h17-21,31H,5-15H2,1-4H3/t17-,18+,19?,20+,21-,23-,24+,25-/m1/s1. The molecule has 0 radical (unpaired) electrons. The third-order valence-electron chi connectivity index (χ3n) is 10.3. The summed E-state index contributed by atoms with van der Waals surface area (Å²) in [5.41, 5.74) is -0.253. The fourth-order valence-corrected chi connectivity index (χ4v) is 8.95. The summed E-state index contributed by atoms with van der Waals surface area (Å²) in [5, 5.41) is 23.0. The van der Waals surface area contributed by atoms with Crippen LogP contribution in [0.2, 0.25) is 0 Å². The summed E-state index contributed by atoms with van der Waals surface area (Å²) >= 11 is 0. The molecule has 1 aromatic heterocycles. The first-order valence-electron chi connectivity index (χ1n) is 12.7. The molecule has 4 aliphatic rings. The zero-order chi connectivity index (χ0) is 22.7. The Morgan fingerprint density at radius 3 is 2.66 bits per heavy atom. The Bertz CT molecular complexity index is 869. The van der Waals surface area contributed by atoms with Gasteiger partial charge in [-0.05, 0) is 111 Å². The molecule has 32 heavy (non-hydrogen) atoms. The average Bonchev–Trinajstić information content (AvgIpc) is 3.30. The molecule has 0 amide bonds. The molecule has 0 aliphatic heterocycles. The van der Waals surface area contributed by atoms with Crippen LogP contribution in [0.1, 0.15) is 77.5 Å². The molecule has 0 saturated heterocycles. The number of ether oxygens (including phenoxy) is 1. The van der Waals surface area contributed by atoms with Crippen molar-refractivity contribution in [2.45, 2.75) is 90.7 Å². The number of carbonyl (C=O) groups excluding carboxylic acids is 1. The van der Waals surface area contributed by atoms with Crippen LogP contribution in [0.15, 0.2) is 0 Å². The van der Waals surface area contributed by atoms with Gasteiger partial charge in [0.05, 0.1) is 12.2 Å². The number of fused-ring (bicyclic) bond motifs is 5. The molecule has 1 unspecified atom stereocenters. The second-order valence-corrected chi connectivity index (χ2v) is 12.0. The second kappa shape index (κ2) is 7.86. The number of rotatable bonds is 5. The number of tetrazole rings is 1. The lowest BCUT2D eigenvalue weighted by atomic mass is 9.43. The van der Waals surface area contributed by atoms with Gasteiger partial charge in [-0.25, -0.2) is 0 Å². The molecule has 4 saturated carbocycles. The first-order chi connectivity index (χ1) is 15.2. The van der Waals surface area contributed by atoms with Crippen LogP contribution in [-0.4, -0.2) is 50.4 Å². The number of Topliss-reactive ketones (excluding diaryl/α,β-unsaturated/α-hetero) is 1. The highest BCUT2D eigenvalue weighted by Gasteiger charge is 2.63. The van der Waals surface area contributed by atoms with E-state index in [1.807, 2.05) is 14.0 Å². The summed E-state index contributed by atoms with van der Waals surface area (Å²) < 4.78 is 5.86. The number of nitrogens with zero attached hydrogens (tertiary/aromatic N) is 4. The lowest BCUT2D eigenvalue weighted by Gasteiger charge is -2.62. The van der Waals surface area contributed by atoms with E-state index in [2.05, 4.69) is 22.3 Å². The Morgan fingerprint density at radius 1 is 1.12 bits per heavy atom. The van der Waals surface area contributed by atoms with Gasteiger partial charge in [0.2, 0.25) is 0 Å². The maximum Gasteiger partial charge on any atom is 0.171 e. The van der Waals surface area contributed by atoms with E-state index in [0.29, 0.717) is 29.5 Å². The van der Waals surface area contributed by atoms with Gasteiger partial charge in [-0.15, -0.1) is 10.2 Å². The van der Waals surface area contributed by atoms with Crippen molar-refractivity contribution in [1.82, 2.24) is 20.2 Å². The predicted molar refractivity (Wildman–Crippen MR) is 120 cm³/mol. The summed E-state index contributed by atoms with van der Waals surface area (Å²) in [5.74, 6) is 3.48. The molecule has 1 aromatic rings. The molecule has 1 heterocycles. The van der Waals surface area contributed by atoms with E-state index in [0.717, 1.165) is 45.1 Å². The van der Waals surface area contributed by atoms with Crippen molar-refractivity contribution >= 4 is 5.78 Å². The monoisotopic (exact) mass is 444 g/mol. The first-order valence-corrected chi connectivity index (χ1v) is 12.7. The number of carbonyl (C=O) groups is 1. The van der Waals surface area contributed by atoms with Gasteiger partial charge in [0, 0.05) is 13.0 Å². The zero-order valence-electron chi connectivity index (χ0n) is 20.2. The molecule has 178 valence electrons. The molecular weight excluding hydrogens is 404 g/mol. The Hall–Kier alpha value is -1.34. The lowest BCUT2D eigenvalue weighted by molar-refractivity contribution is -0.175. The Morgan fingerprint density at radius 2 is 1.94 bits per heavy atom. The molecule has 5 rings (SSSR count). The van der Waals surface area contributed by atoms with Gasteiger partial charge in [0.15, 0.2) is 11.6 Å². The van der Waals surface area contributed by atoms with Crippen molar-refractivity contribution in [3.05, 3.63) is 5.82 Å². The molecule has 7 nitrogen and oxygen atoms in total. The number of aliphatic hydroxyl groups is 1. The van der Waals surface area contributed by atoms with E-state index in [9.17, 15) is 9.90 Å². The maximum absolute atomic E-state index is 13.3. The molecule has 4 fully saturated rings. The number of methoxy groups -OCH3 is 1. The van der Waals surface area contributed by atoms with Crippen molar-refractivity contribution in [1.29, 1.82) is 0 Å². The van der Waals surface area contributed by atoms with Crippen molar-refractivity contribution in [3.63, 3.8) is 0 Å². The van der Waals surface area contributed by atoms with Gasteiger partial charge >= 0.3 is 0 Å². The number of ketones is 1. The molecule has 0 aromatic carbocycles. The van der Waals surface area contributed by atoms with Crippen LogP contribution in [0.25, 0.3) is 0 Å². The molecule has 0 spiro atoms. The van der Waals surface area contributed by atoms with E-state index in [-0.39, 0.29) is 29.1 Å². The normalized spacial score (nSPS) is 45.7. The summed E-state index contributed by atoms with van der Waals surface area (Å²) in [6, 6.07) is 0. The largest absolute Gasteiger partial charge is 0.390 e. The van der Waals surface area contributed by atoms with Crippen LogP contribution in [-0.2, 0) is 16.1 Å². The van der Waals surface area contributed by atoms with Crippen molar-refractivity contribution in [2.75, 3.05) is 13.7 Å². The molecule has 1 N–H and O–H groups in total. The number of hydrogen-bond acceptors (Lipinski definition) is 6. The van der Waals surface area contributed by atoms with E-state index in [1.165, 1.54) is 24.1 Å². The fraction of sp³-hybridized carbons (Fsp3) is 0.920. The van der Waals surface area contributed by atoms with Crippen LogP contribution < -0.4 is 0 Å². The second-order valence-electron chi connectivity index (χ2n) is 12.0. The van der Waals surface area contributed by atoms with Crippen LogP contribution >= 0.6 is 0 Å². The zero-order valence-corrected chi connectivity index (χ0v) is 20.2. The Balaban J connectivity index is 1.37. The number of aromatic nitrogens is 4. The molecular formula is C25H40N4O3. The summed E-state index contributed by atoms with van der Waals surface area (Å²) in [6.45, 7) is 7.28. The van der Waals surface area contributed by atoms with Crippen molar-refractivity contribution in [2.24, 2.45) is 40.4 Å². The average molecular weight is 445 g/mol. The summed E-state index contributed by atoms with van der Waals surface area (Å²) in [7, 11) is 1.85. The van der Waals surface area contributed by atoms with E-state index in [4.69, 9.17) is 4.74 Å². The van der Waals surface area contributed by atoms with Gasteiger partial charge in [-0.2, -0.15) is 4.80 Å². The van der Waals surface area contributed by atoms with Gasteiger partial charge in [0.25, 0.3) is 0 Å². The summed E-state index contributed by atoms with van der Waals surface area (Å²) in [6.07, 6.45) is 9.74. The number of hydrogen-bond donors (Lipinski definition) is 1. The highest BCUT2D eigenvalue weighted by atomic mass is 16.5. The fourth-order valence-electron chi connectivity index (χ4n) is 8.95. The minimum absolute atomic E-state index is 0.0785. The van der Waals surface area contributed by atoms with Crippen LogP contribution in [0, 0.1) is 47.3 Å². The van der Waals surface area contributed by atoms with Crippen LogP contribution in [0.4, 0.5) is 0 Å². The molecule has 0 bridgehead atoms. The maximum atomic E-state index is 13.3. The first kappa shape index (κ1) is 22.5. The smallest absolute Gasteiger partial charge is 0.171 e. The predicted octanol–water partition coefficient (Wildman–Crippen LogP) is 3.59. The van der Waals surface area contributed by atoms with E-state index >= 15 is 0 Å². The van der Waals surface area contributed by atoms with E-state index in [1.54, 1.807) is 6.92 Å². The van der Waals surface area contributed by atoms with Crippen molar-refractivity contribution in [3.8, 4) is 0 Å². The SMILES string of the molecule is COC[C@]12CC[C@@](C)(O)C[C@H]1CC[C@H]1C3CC[C@H](C(=O)Cn4nnc(C)n4)[C@@]3(C)CC[C@@H]12. The van der Waals surface area contributed by atoms with Crippen LogP contribution in [0.3, 0.4) is 0 Å². The minimum Gasteiger partial charge on any atom is -0.390 e.